The van der Waals surface area contributed by atoms with E-state index in [1.54, 1.807) is 0 Å². The first-order chi connectivity index (χ1) is 19.6. The van der Waals surface area contributed by atoms with Gasteiger partial charge in [-0.05, 0) is 89.2 Å². The largest absolute Gasteiger partial charge is 0.393 e. The quantitative estimate of drug-likeness (QED) is 0.258. The summed E-state index contributed by atoms with van der Waals surface area (Å²) in [6, 6.07) is 0.273. The molecule has 0 spiro atoms. The Balaban J connectivity index is 1.90. The molecule has 2 aliphatic carbocycles. The predicted molar refractivity (Wildman–Crippen MR) is 186 cm³/mol. The summed E-state index contributed by atoms with van der Waals surface area (Å²) in [7, 11) is 0. The molecule has 0 aliphatic heterocycles. The summed E-state index contributed by atoms with van der Waals surface area (Å²) in [6.45, 7) is 21.9. The van der Waals surface area contributed by atoms with Crippen molar-refractivity contribution in [2.24, 2.45) is 16.6 Å². The molecule has 0 radical (unpaired) electrons. The normalized spacial score (nSPS) is 25.0. The molecule has 0 fully saturated rings. The zero-order valence-corrected chi connectivity index (χ0v) is 28.1. The second-order valence-corrected chi connectivity index (χ2v) is 13.8. The molecule has 2 atom stereocenters. The van der Waals surface area contributed by atoms with Gasteiger partial charge < -0.3 is 10.8 Å². The fraction of sp³-hybridized carbons (Fsp3) is 0.450. The summed E-state index contributed by atoms with van der Waals surface area (Å²) in [5, 5.41) is 10.1. The van der Waals surface area contributed by atoms with E-state index in [-0.39, 0.29) is 23.0 Å². The highest BCUT2D eigenvalue weighted by atomic mass is 16.3. The van der Waals surface area contributed by atoms with Crippen molar-refractivity contribution < 1.29 is 5.11 Å². The summed E-state index contributed by atoms with van der Waals surface area (Å²) in [4.78, 5) is 0. The lowest BCUT2D eigenvalue weighted by atomic mass is 9.71. The van der Waals surface area contributed by atoms with Crippen LogP contribution in [0.25, 0.3) is 0 Å². The van der Waals surface area contributed by atoms with Crippen molar-refractivity contribution in [3.63, 3.8) is 0 Å². The first kappa shape index (κ1) is 35.3. The molecule has 0 amide bonds. The van der Waals surface area contributed by atoms with E-state index in [2.05, 4.69) is 154 Å². The molecular weight excluding hydrogens is 510 g/mol. The van der Waals surface area contributed by atoms with Gasteiger partial charge in [0.05, 0.1) is 6.10 Å². The molecule has 0 aromatic heterocycles. The van der Waals surface area contributed by atoms with Crippen molar-refractivity contribution in [3.8, 4) is 0 Å². The van der Waals surface area contributed by atoms with Crippen LogP contribution in [0.15, 0.2) is 130 Å². The average Bonchev–Trinajstić information content (AvgIpc) is 2.84. The second kappa shape index (κ2) is 16.1. The minimum Gasteiger partial charge on any atom is -0.393 e. The van der Waals surface area contributed by atoms with Gasteiger partial charge in [0.2, 0.25) is 0 Å². The van der Waals surface area contributed by atoms with Gasteiger partial charge in [-0.15, -0.1) is 0 Å². The van der Waals surface area contributed by atoms with E-state index in [0.29, 0.717) is 0 Å². The third-order valence-electron chi connectivity index (χ3n) is 8.30. The molecule has 2 unspecified atom stereocenters. The van der Waals surface area contributed by atoms with Crippen molar-refractivity contribution >= 4 is 0 Å². The van der Waals surface area contributed by atoms with Crippen molar-refractivity contribution in [2.45, 2.75) is 107 Å². The maximum Gasteiger partial charge on any atom is 0.0585 e. The topological polar surface area (TPSA) is 46.2 Å². The van der Waals surface area contributed by atoms with E-state index < -0.39 is 0 Å². The van der Waals surface area contributed by atoms with Gasteiger partial charge in [0.15, 0.2) is 0 Å². The fourth-order valence-corrected chi connectivity index (χ4v) is 6.24. The van der Waals surface area contributed by atoms with Crippen LogP contribution in [0, 0.1) is 10.8 Å². The summed E-state index contributed by atoms with van der Waals surface area (Å²) in [6.07, 6.45) is 33.5. The van der Waals surface area contributed by atoms with Crippen LogP contribution in [-0.2, 0) is 0 Å². The maximum absolute atomic E-state index is 10.1. The average molecular weight is 568 g/mol. The lowest BCUT2D eigenvalue weighted by molar-refractivity contribution is 0.116. The van der Waals surface area contributed by atoms with Gasteiger partial charge in [-0.2, -0.15) is 0 Å². The number of aliphatic hydroxyl groups is 1. The SMILES string of the molecule is CC1=C(/C=C/C(C)=C/C=C/C(C)=C/C=C/C=C(C)/C=C/C=C(C)/C=C/C2=C(C)CC(O)CC2(C)C)C(C)(C)CC(N)C1. The number of rotatable bonds is 10. The Morgan fingerprint density at radius 2 is 1.00 bits per heavy atom. The number of allylic oxidation sites excluding steroid dienone is 20. The van der Waals surface area contributed by atoms with Crippen LogP contribution in [0.1, 0.15) is 94.9 Å². The molecule has 0 saturated carbocycles. The van der Waals surface area contributed by atoms with Crippen LogP contribution in [0.5, 0.6) is 0 Å². The Hall–Kier alpha value is -2.94. The number of nitrogens with two attached hydrogens (primary N) is 1. The molecule has 2 aliphatic rings. The van der Waals surface area contributed by atoms with Gasteiger partial charge in [0.25, 0.3) is 0 Å². The van der Waals surface area contributed by atoms with Gasteiger partial charge in [0, 0.05) is 6.04 Å². The highest BCUT2D eigenvalue weighted by molar-refractivity contribution is 5.39. The van der Waals surface area contributed by atoms with E-state index in [1.807, 2.05) is 0 Å². The van der Waals surface area contributed by atoms with Crippen LogP contribution in [0.4, 0.5) is 0 Å². The summed E-state index contributed by atoms with van der Waals surface area (Å²) >= 11 is 0. The molecule has 2 nitrogen and oxygen atoms in total. The number of aliphatic hydroxyl groups excluding tert-OH is 1. The molecule has 0 heterocycles. The second-order valence-electron chi connectivity index (χ2n) is 13.8. The van der Waals surface area contributed by atoms with Crippen LogP contribution < -0.4 is 5.73 Å². The van der Waals surface area contributed by atoms with Gasteiger partial charge in [0.1, 0.15) is 0 Å². The van der Waals surface area contributed by atoms with Gasteiger partial charge in [-0.3, -0.25) is 0 Å². The molecule has 2 heteroatoms. The molecule has 0 aromatic rings. The Morgan fingerprint density at radius 1 is 0.619 bits per heavy atom. The Labute approximate surface area is 258 Å². The Bertz CT molecular complexity index is 1190. The standard InChI is InChI=1S/C40H57NO/c1-29(17-13-19-31(3)21-23-37-33(5)25-35(41)27-39(37,7)8)15-11-12-16-30(2)18-14-20-32(4)22-24-38-34(6)26-36(42)28-40(38,9)10/h11-24,35-36,42H,25-28,41H2,1-10H3/b12-11+,17-13+,18-14+,23-21+,24-22+,29-15+,30-16+,31-19+,32-20+. The van der Waals surface area contributed by atoms with Crippen LogP contribution in [0.3, 0.4) is 0 Å². The summed E-state index contributed by atoms with van der Waals surface area (Å²) in [5.74, 6) is 0. The van der Waals surface area contributed by atoms with E-state index >= 15 is 0 Å². The summed E-state index contributed by atoms with van der Waals surface area (Å²) < 4.78 is 0. The molecule has 3 N–H and O–H groups in total. The number of hydrogen-bond donors (Lipinski definition) is 2. The fourth-order valence-electron chi connectivity index (χ4n) is 6.24. The molecule has 228 valence electrons. The molecule has 0 saturated heterocycles. The minimum atomic E-state index is -0.224. The summed E-state index contributed by atoms with van der Waals surface area (Å²) in [5.41, 5.74) is 16.7. The van der Waals surface area contributed by atoms with Crippen LogP contribution >= 0.6 is 0 Å². The minimum absolute atomic E-state index is 0.00867. The van der Waals surface area contributed by atoms with E-state index in [1.165, 1.54) is 44.6 Å². The third kappa shape index (κ3) is 11.7. The lowest BCUT2D eigenvalue weighted by Crippen LogP contribution is -2.33. The molecule has 2 rings (SSSR count). The van der Waals surface area contributed by atoms with Crippen molar-refractivity contribution in [1.29, 1.82) is 0 Å². The lowest BCUT2D eigenvalue weighted by Gasteiger charge is -2.36. The Morgan fingerprint density at radius 3 is 1.43 bits per heavy atom. The third-order valence-corrected chi connectivity index (χ3v) is 8.30. The van der Waals surface area contributed by atoms with E-state index in [9.17, 15) is 5.11 Å². The van der Waals surface area contributed by atoms with Crippen LogP contribution in [-0.4, -0.2) is 17.3 Å². The molecular formula is C40H57NO. The van der Waals surface area contributed by atoms with E-state index in [0.717, 1.165) is 25.7 Å². The Kier molecular flexibility index (Phi) is 13.5. The zero-order chi connectivity index (χ0) is 31.5. The van der Waals surface area contributed by atoms with E-state index in [4.69, 9.17) is 5.73 Å². The molecule has 0 aromatic carbocycles. The van der Waals surface area contributed by atoms with Crippen molar-refractivity contribution in [2.75, 3.05) is 0 Å². The highest BCUT2D eigenvalue weighted by Gasteiger charge is 2.32. The van der Waals surface area contributed by atoms with Crippen molar-refractivity contribution in [3.05, 3.63) is 130 Å². The zero-order valence-electron chi connectivity index (χ0n) is 28.1. The number of hydrogen-bond acceptors (Lipinski definition) is 2. The maximum atomic E-state index is 10.1. The van der Waals surface area contributed by atoms with Gasteiger partial charge in [-0.25, -0.2) is 0 Å². The first-order valence-corrected chi connectivity index (χ1v) is 15.5. The smallest absolute Gasteiger partial charge is 0.0585 e. The van der Waals surface area contributed by atoms with Crippen LogP contribution in [0.2, 0.25) is 0 Å². The van der Waals surface area contributed by atoms with Gasteiger partial charge in [-0.1, -0.05) is 146 Å². The first-order valence-electron chi connectivity index (χ1n) is 15.5. The van der Waals surface area contributed by atoms with Crippen molar-refractivity contribution in [1.82, 2.24) is 0 Å². The highest BCUT2D eigenvalue weighted by Crippen LogP contribution is 2.41. The monoisotopic (exact) mass is 567 g/mol. The van der Waals surface area contributed by atoms with Gasteiger partial charge >= 0.3 is 0 Å². The molecule has 0 bridgehead atoms. The predicted octanol–water partition coefficient (Wildman–Crippen LogP) is 10.5. The molecule has 42 heavy (non-hydrogen) atoms.